The molecule has 1 atom stereocenters. The SMILES string of the molecule is CCOc1ccc2nc(C3=N[C@@H](C(=O)OC)CS3)ccc2c1. The molecule has 5 nitrogen and oxygen atoms in total. The van der Waals surface area contributed by atoms with Crippen LogP contribution in [0.4, 0.5) is 0 Å². The van der Waals surface area contributed by atoms with E-state index >= 15 is 0 Å². The Hall–Kier alpha value is -2.08. The number of nitrogens with zero attached hydrogens (tertiary/aromatic N) is 2. The van der Waals surface area contributed by atoms with E-state index in [2.05, 4.69) is 9.98 Å². The Balaban J connectivity index is 1.89. The lowest BCUT2D eigenvalue weighted by atomic mass is 10.2. The highest BCUT2D eigenvalue weighted by molar-refractivity contribution is 8.14. The normalized spacial score (nSPS) is 17.4. The number of hydrogen-bond acceptors (Lipinski definition) is 6. The number of aromatic nitrogens is 1. The molecular weight excluding hydrogens is 300 g/mol. The van der Waals surface area contributed by atoms with Gasteiger partial charge >= 0.3 is 5.97 Å². The highest BCUT2D eigenvalue weighted by Crippen LogP contribution is 2.26. The van der Waals surface area contributed by atoms with Crippen LogP contribution in [0, 0.1) is 0 Å². The van der Waals surface area contributed by atoms with Gasteiger partial charge in [0, 0.05) is 11.1 Å². The molecule has 0 amide bonds. The van der Waals surface area contributed by atoms with Gasteiger partial charge in [-0.05, 0) is 31.2 Å². The number of aliphatic imine (C=N–C) groups is 1. The number of hydrogen-bond donors (Lipinski definition) is 0. The van der Waals surface area contributed by atoms with Crippen molar-refractivity contribution in [2.75, 3.05) is 19.5 Å². The summed E-state index contributed by atoms with van der Waals surface area (Å²) in [6, 6.07) is 9.29. The summed E-state index contributed by atoms with van der Waals surface area (Å²) in [7, 11) is 1.38. The number of rotatable bonds is 4. The third-order valence-electron chi connectivity index (χ3n) is 3.32. The lowest BCUT2D eigenvalue weighted by molar-refractivity contribution is -0.141. The van der Waals surface area contributed by atoms with Crippen LogP contribution < -0.4 is 4.74 Å². The summed E-state index contributed by atoms with van der Waals surface area (Å²) in [5, 5.41) is 1.80. The van der Waals surface area contributed by atoms with Crippen molar-refractivity contribution in [3.05, 3.63) is 36.0 Å². The molecule has 0 N–H and O–H groups in total. The van der Waals surface area contributed by atoms with Crippen molar-refractivity contribution in [2.24, 2.45) is 4.99 Å². The van der Waals surface area contributed by atoms with Gasteiger partial charge in [0.15, 0.2) is 6.04 Å². The number of carbonyl (C=O) groups excluding carboxylic acids is 1. The second-order valence-electron chi connectivity index (χ2n) is 4.77. The van der Waals surface area contributed by atoms with Gasteiger partial charge in [-0.15, -0.1) is 11.8 Å². The molecule has 6 heteroatoms. The number of thioether (sulfide) groups is 1. The van der Waals surface area contributed by atoms with Crippen molar-refractivity contribution in [3.8, 4) is 5.75 Å². The van der Waals surface area contributed by atoms with Crippen LogP contribution in [-0.4, -0.2) is 41.5 Å². The lowest BCUT2D eigenvalue weighted by Gasteiger charge is -2.06. The Morgan fingerprint density at radius 1 is 1.36 bits per heavy atom. The molecule has 0 spiro atoms. The van der Waals surface area contributed by atoms with E-state index in [1.807, 2.05) is 37.3 Å². The summed E-state index contributed by atoms with van der Waals surface area (Å²) >= 11 is 1.53. The Morgan fingerprint density at radius 3 is 3.00 bits per heavy atom. The number of fused-ring (bicyclic) bond motifs is 1. The molecule has 1 aliphatic rings. The summed E-state index contributed by atoms with van der Waals surface area (Å²) in [6.45, 7) is 2.60. The Kier molecular flexibility index (Phi) is 4.29. The fraction of sp³-hybridized carbons (Fsp3) is 0.312. The van der Waals surface area contributed by atoms with Gasteiger partial charge in [0.25, 0.3) is 0 Å². The van der Waals surface area contributed by atoms with Crippen molar-refractivity contribution in [1.82, 2.24) is 4.98 Å². The van der Waals surface area contributed by atoms with E-state index in [0.29, 0.717) is 12.4 Å². The molecule has 1 aromatic carbocycles. The second-order valence-corrected chi connectivity index (χ2v) is 5.78. The molecule has 0 saturated carbocycles. The standard InChI is InChI=1S/C16H16N2O3S/c1-3-21-11-5-7-12-10(8-11)4-6-13(17-12)15-18-14(9-22-15)16(19)20-2/h4-8,14H,3,9H2,1-2H3/t14-/m1/s1. The second kappa shape index (κ2) is 6.36. The first-order chi connectivity index (χ1) is 10.7. The minimum absolute atomic E-state index is 0.301. The highest BCUT2D eigenvalue weighted by Gasteiger charge is 2.26. The first-order valence-electron chi connectivity index (χ1n) is 7.03. The molecule has 1 aromatic heterocycles. The van der Waals surface area contributed by atoms with Gasteiger partial charge in [0.05, 0.1) is 24.9 Å². The van der Waals surface area contributed by atoms with Crippen molar-refractivity contribution in [3.63, 3.8) is 0 Å². The zero-order chi connectivity index (χ0) is 15.5. The van der Waals surface area contributed by atoms with E-state index in [-0.39, 0.29) is 5.97 Å². The van der Waals surface area contributed by atoms with E-state index in [9.17, 15) is 4.79 Å². The largest absolute Gasteiger partial charge is 0.494 e. The smallest absolute Gasteiger partial charge is 0.331 e. The van der Waals surface area contributed by atoms with Crippen molar-refractivity contribution >= 4 is 33.7 Å². The molecule has 22 heavy (non-hydrogen) atoms. The molecule has 2 aromatic rings. The van der Waals surface area contributed by atoms with Gasteiger partial charge in [-0.25, -0.2) is 9.78 Å². The zero-order valence-corrected chi connectivity index (χ0v) is 13.2. The quantitative estimate of drug-likeness (QED) is 0.812. The van der Waals surface area contributed by atoms with E-state index in [1.165, 1.54) is 18.9 Å². The number of esters is 1. The molecule has 0 aliphatic carbocycles. The Bertz CT molecular complexity index is 745. The maximum Gasteiger partial charge on any atom is 0.331 e. The number of benzene rings is 1. The van der Waals surface area contributed by atoms with Crippen LogP contribution in [0.2, 0.25) is 0 Å². The third kappa shape index (κ3) is 2.92. The van der Waals surface area contributed by atoms with E-state index in [4.69, 9.17) is 9.47 Å². The van der Waals surface area contributed by atoms with Gasteiger partial charge in [-0.3, -0.25) is 4.99 Å². The maximum absolute atomic E-state index is 11.5. The zero-order valence-electron chi connectivity index (χ0n) is 12.4. The molecule has 0 fully saturated rings. The van der Waals surface area contributed by atoms with Gasteiger partial charge < -0.3 is 9.47 Å². The average Bonchev–Trinajstić information content (AvgIpc) is 3.04. The third-order valence-corrected chi connectivity index (χ3v) is 4.39. The van der Waals surface area contributed by atoms with Crippen LogP contribution in [0.5, 0.6) is 5.75 Å². The predicted molar refractivity (Wildman–Crippen MR) is 87.7 cm³/mol. The van der Waals surface area contributed by atoms with Crippen LogP contribution >= 0.6 is 11.8 Å². The van der Waals surface area contributed by atoms with E-state index in [0.717, 1.165) is 27.4 Å². The molecule has 114 valence electrons. The number of carbonyl (C=O) groups is 1. The monoisotopic (exact) mass is 316 g/mol. The Labute approximate surface area is 132 Å². The first kappa shape index (κ1) is 14.8. The summed E-state index contributed by atoms with van der Waals surface area (Å²) in [4.78, 5) is 20.5. The molecule has 2 heterocycles. The average molecular weight is 316 g/mol. The van der Waals surface area contributed by atoms with E-state index < -0.39 is 6.04 Å². The van der Waals surface area contributed by atoms with Crippen LogP contribution in [-0.2, 0) is 9.53 Å². The molecule has 0 bridgehead atoms. The summed E-state index contributed by atoms with van der Waals surface area (Å²) in [6.07, 6.45) is 0. The molecular formula is C16H16N2O3S. The van der Waals surface area contributed by atoms with Crippen LogP contribution in [0.1, 0.15) is 12.6 Å². The lowest BCUT2D eigenvalue weighted by Crippen LogP contribution is -2.19. The number of ether oxygens (including phenoxy) is 2. The van der Waals surface area contributed by atoms with Crippen LogP contribution in [0.3, 0.4) is 0 Å². The maximum atomic E-state index is 11.5. The van der Waals surface area contributed by atoms with E-state index in [1.54, 1.807) is 0 Å². The van der Waals surface area contributed by atoms with Crippen LogP contribution in [0.25, 0.3) is 10.9 Å². The molecule has 0 saturated heterocycles. The van der Waals surface area contributed by atoms with Crippen molar-refractivity contribution in [2.45, 2.75) is 13.0 Å². The fourth-order valence-corrected chi connectivity index (χ4v) is 3.24. The molecule has 3 rings (SSSR count). The summed E-state index contributed by atoms with van der Waals surface area (Å²) in [5.74, 6) is 1.14. The minimum Gasteiger partial charge on any atom is -0.494 e. The van der Waals surface area contributed by atoms with Gasteiger partial charge in [-0.2, -0.15) is 0 Å². The topological polar surface area (TPSA) is 60.8 Å². The van der Waals surface area contributed by atoms with Gasteiger partial charge in [-0.1, -0.05) is 6.07 Å². The minimum atomic E-state index is -0.428. The number of pyridine rings is 1. The van der Waals surface area contributed by atoms with Crippen molar-refractivity contribution in [1.29, 1.82) is 0 Å². The highest BCUT2D eigenvalue weighted by atomic mass is 32.2. The van der Waals surface area contributed by atoms with Gasteiger partial charge in [0.2, 0.25) is 0 Å². The molecule has 0 unspecified atom stereocenters. The van der Waals surface area contributed by atoms with Crippen molar-refractivity contribution < 1.29 is 14.3 Å². The summed E-state index contributed by atoms with van der Waals surface area (Å²) in [5.41, 5.74) is 1.67. The van der Waals surface area contributed by atoms with Crippen LogP contribution in [0.15, 0.2) is 35.3 Å². The molecule has 1 aliphatic heterocycles. The number of methoxy groups -OCH3 is 1. The predicted octanol–water partition coefficient (Wildman–Crippen LogP) is 2.67. The summed E-state index contributed by atoms with van der Waals surface area (Å²) < 4.78 is 10.2. The molecule has 0 radical (unpaired) electrons. The fourth-order valence-electron chi connectivity index (χ4n) is 2.25. The van der Waals surface area contributed by atoms with Gasteiger partial charge in [0.1, 0.15) is 10.8 Å². The Morgan fingerprint density at radius 2 is 2.23 bits per heavy atom. The first-order valence-corrected chi connectivity index (χ1v) is 8.02.